The van der Waals surface area contributed by atoms with Crippen LogP contribution in [0, 0.1) is 0 Å². The molecule has 4 heteroatoms. The highest BCUT2D eigenvalue weighted by Gasteiger charge is 2.12. The number of likely N-dealkylation sites (tertiary alicyclic amines) is 1. The lowest BCUT2D eigenvalue weighted by Crippen LogP contribution is -2.32. The van der Waals surface area contributed by atoms with Gasteiger partial charge in [-0.2, -0.15) is 0 Å². The highest BCUT2D eigenvalue weighted by atomic mass is 16.2. The summed E-state index contributed by atoms with van der Waals surface area (Å²) in [4.78, 5) is 13.9. The van der Waals surface area contributed by atoms with Crippen LogP contribution in [0.15, 0.2) is 24.3 Å². The van der Waals surface area contributed by atoms with Crippen molar-refractivity contribution < 1.29 is 4.79 Å². The van der Waals surface area contributed by atoms with Crippen LogP contribution >= 0.6 is 0 Å². The summed E-state index contributed by atoms with van der Waals surface area (Å²) in [7, 11) is 0. The van der Waals surface area contributed by atoms with E-state index >= 15 is 0 Å². The first-order valence-electron chi connectivity index (χ1n) is 7.08. The predicted molar refractivity (Wildman–Crippen MR) is 76.2 cm³/mol. The fourth-order valence-electron chi connectivity index (χ4n) is 2.64. The van der Waals surface area contributed by atoms with E-state index in [1.807, 2.05) is 18.2 Å². The van der Waals surface area contributed by atoms with Gasteiger partial charge < -0.3 is 0 Å². The van der Waals surface area contributed by atoms with Gasteiger partial charge >= 0.3 is 0 Å². The van der Waals surface area contributed by atoms with Gasteiger partial charge in [-0.3, -0.25) is 15.1 Å². The third kappa shape index (κ3) is 4.33. The molecule has 0 atom stereocenters. The number of nitrogens with two attached hydrogens (primary N) is 1. The van der Waals surface area contributed by atoms with Gasteiger partial charge in [-0.1, -0.05) is 37.1 Å². The Hall–Kier alpha value is -1.39. The van der Waals surface area contributed by atoms with E-state index in [1.54, 1.807) is 0 Å². The zero-order chi connectivity index (χ0) is 13.5. The van der Waals surface area contributed by atoms with Crippen LogP contribution < -0.4 is 11.3 Å². The maximum atomic E-state index is 11.4. The second-order valence-corrected chi connectivity index (χ2v) is 5.20. The van der Waals surface area contributed by atoms with E-state index < -0.39 is 0 Å². The van der Waals surface area contributed by atoms with Crippen LogP contribution in [-0.2, 0) is 17.8 Å². The number of amides is 1. The number of rotatable bonds is 4. The summed E-state index contributed by atoms with van der Waals surface area (Å²) in [5.74, 6) is 5.03. The fraction of sp³-hybridized carbons (Fsp3) is 0.533. The quantitative estimate of drug-likeness (QED) is 0.491. The van der Waals surface area contributed by atoms with E-state index in [4.69, 9.17) is 5.84 Å². The van der Waals surface area contributed by atoms with Crippen LogP contribution in [0.25, 0.3) is 0 Å². The molecule has 4 nitrogen and oxygen atoms in total. The topological polar surface area (TPSA) is 58.4 Å². The molecule has 0 unspecified atom stereocenters. The molecule has 1 heterocycles. The van der Waals surface area contributed by atoms with Gasteiger partial charge in [-0.15, -0.1) is 0 Å². The van der Waals surface area contributed by atoms with E-state index in [-0.39, 0.29) is 5.91 Å². The number of hydrazine groups is 1. The number of hydrogen-bond acceptors (Lipinski definition) is 3. The molecule has 3 N–H and O–H groups in total. The van der Waals surface area contributed by atoms with Crippen molar-refractivity contribution in [2.75, 3.05) is 13.1 Å². The van der Waals surface area contributed by atoms with Crippen LogP contribution in [0.3, 0.4) is 0 Å². The molecule has 0 bridgehead atoms. The minimum atomic E-state index is -0.136. The van der Waals surface area contributed by atoms with Gasteiger partial charge in [0.2, 0.25) is 5.91 Å². The number of hydrogen-bond donors (Lipinski definition) is 2. The Morgan fingerprint density at radius 2 is 1.74 bits per heavy atom. The summed E-state index contributed by atoms with van der Waals surface area (Å²) >= 11 is 0. The minimum absolute atomic E-state index is 0.136. The largest absolute Gasteiger partial charge is 0.299 e. The number of carbonyl (C=O) groups excluding carboxylic acids is 1. The van der Waals surface area contributed by atoms with E-state index in [9.17, 15) is 4.79 Å². The zero-order valence-corrected chi connectivity index (χ0v) is 11.4. The van der Waals surface area contributed by atoms with Crippen LogP contribution in [0.4, 0.5) is 0 Å². The van der Waals surface area contributed by atoms with Gasteiger partial charge in [-0.25, -0.2) is 5.84 Å². The monoisotopic (exact) mass is 261 g/mol. The highest BCUT2D eigenvalue weighted by molar-refractivity contribution is 5.78. The molecule has 1 aromatic rings. The smallest absolute Gasteiger partial charge is 0.238 e. The van der Waals surface area contributed by atoms with Crippen molar-refractivity contribution in [2.24, 2.45) is 5.84 Å². The van der Waals surface area contributed by atoms with Gasteiger partial charge in [0.25, 0.3) is 0 Å². The van der Waals surface area contributed by atoms with Crippen LogP contribution in [0.2, 0.25) is 0 Å². The molecule has 1 aliphatic rings. The summed E-state index contributed by atoms with van der Waals surface area (Å²) in [6, 6.07) is 8.15. The van der Waals surface area contributed by atoms with Crippen LogP contribution in [0.1, 0.15) is 36.8 Å². The molecule has 104 valence electrons. The number of carbonyl (C=O) groups is 1. The van der Waals surface area contributed by atoms with E-state index in [2.05, 4.69) is 16.4 Å². The third-order valence-corrected chi connectivity index (χ3v) is 3.72. The summed E-state index contributed by atoms with van der Waals surface area (Å²) in [5.41, 5.74) is 4.52. The van der Waals surface area contributed by atoms with E-state index in [0.717, 1.165) is 25.2 Å². The first kappa shape index (κ1) is 14.0. The lowest BCUT2D eigenvalue weighted by Gasteiger charge is -2.21. The fourth-order valence-corrected chi connectivity index (χ4v) is 2.64. The summed E-state index contributed by atoms with van der Waals surface area (Å²) in [5, 5.41) is 0. The SMILES string of the molecule is NNC(=O)Cc1ccccc1CN1CCCCCC1. The molecular weight excluding hydrogens is 238 g/mol. The molecule has 1 amide bonds. The molecule has 1 aromatic carbocycles. The first-order valence-corrected chi connectivity index (χ1v) is 7.08. The molecule has 1 aliphatic heterocycles. The normalized spacial score (nSPS) is 16.9. The Kier molecular flexibility index (Phi) is 5.36. The van der Waals surface area contributed by atoms with E-state index in [1.165, 1.54) is 31.2 Å². The Bertz CT molecular complexity index is 412. The number of nitrogens with one attached hydrogen (secondary N) is 1. The van der Waals surface area contributed by atoms with Gasteiger partial charge in [0.05, 0.1) is 6.42 Å². The van der Waals surface area contributed by atoms with Crippen molar-refractivity contribution in [1.82, 2.24) is 10.3 Å². The van der Waals surface area contributed by atoms with Crippen molar-refractivity contribution in [3.8, 4) is 0 Å². The molecule has 19 heavy (non-hydrogen) atoms. The molecular formula is C15H23N3O. The average molecular weight is 261 g/mol. The van der Waals surface area contributed by atoms with Crippen LogP contribution in [0.5, 0.6) is 0 Å². The summed E-state index contributed by atoms with van der Waals surface area (Å²) in [6.07, 6.45) is 5.61. The van der Waals surface area contributed by atoms with Crippen molar-refractivity contribution in [3.05, 3.63) is 35.4 Å². The molecule has 0 radical (unpaired) electrons. The summed E-state index contributed by atoms with van der Waals surface area (Å²) in [6.45, 7) is 3.27. The Labute approximate surface area is 114 Å². The molecule has 0 aromatic heterocycles. The van der Waals surface area contributed by atoms with Crippen molar-refractivity contribution >= 4 is 5.91 Å². The predicted octanol–water partition coefficient (Wildman–Crippen LogP) is 1.59. The molecule has 1 fully saturated rings. The number of nitrogens with zero attached hydrogens (tertiary/aromatic N) is 1. The maximum Gasteiger partial charge on any atom is 0.238 e. The molecule has 0 spiro atoms. The summed E-state index contributed by atoms with van der Waals surface area (Å²) < 4.78 is 0. The average Bonchev–Trinajstić information content (AvgIpc) is 2.69. The van der Waals surface area contributed by atoms with Crippen molar-refractivity contribution in [2.45, 2.75) is 38.6 Å². The van der Waals surface area contributed by atoms with Crippen molar-refractivity contribution in [1.29, 1.82) is 0 Å². The standard InChI is InChI=1S/C15H23N3O/c16-17-15(19)11-13-7-3-4-8-14(13)12-18-9-5-1-2-6-10-18/h3-4,7-8H,1-2,5-6,9-12,16H2,(H,17,19). The van der Waals surface area contributed by atoms with E-state index in [0.29, 0.717) is 6.42 Å². The molecule has 2 rings (SSSR count). The van der Waals surface area contributed by atoms with Crippen molar-refractivity contribution in [3.63, 3.8) is 0 Å². The Morgan fingerprint density at radius 1 is 1.11 bits per heavy atom. The van der Waals surface area contributed by atoms with Gasteiger partial charge in [0, 0.05) is 6.54 Å². The minimum Gasteiger partial charge on any atom is -0.299 e. The Morgan fingerprint density at radius 3 is 2.37 bits per heavy atom. The lowest BCUT2D eigenvalue weighted by molar-refractivity contribution is -0.120. The first-order chi connectivity index (χ1) is 9.29. The van der Waals surface area contributed by atoms with Gasteiger partial charge in [0.15, 0.2) is 0 Å². The molecule has 0 aliphatic carbocycles. The molecule has 0 saturated carbocycles. The second kappa shape index (κ2) is 7.26. The second-order valence-electron chi connectivity index (χ2n) is 5.20. The van der Waals surface area contributed by atoms with Crippen LogP contribution in [-0.4, -0.2) is 23.9 Å². The van der Waals surface area contributed by atoms with Gasteiger partial charge in [-0.05, 0) is 37.1 Å². The van der Waals surface area contributed by atoms with Gasteiger partial charge in [0.1, 0.15) is 0 Å². The highest BCUT2D eigenvalue weighted by Crippen LogP contribution is 2.16. The number of benzene rings is 1. The maximum absolute atomic E-state index is 11.4. The Balaban J connectivity index is 2.03. The lowest BCUT2D eigenvalue weighted by atomic mass is 10.0. The molecule has 1 saturated heterocycles. The third-order valence-electron chi connectivity index (χ3n) is 3.72. The zero-order valence-electron chi connectivity index (χ0n) is 11.4.